The van der Waals surface area contributed by atoms with Gasteiger partial charge in [-0.2, -0.15) is 5.10 Å². The Hall–Kier alpha value is -2.69. The molecular weight excluding hydrogens is 364 g/mol. The van der Waals surface area contributed by atoms with Crippen molar-refractivity contribution >= 4 is 5.71 Å². The van der Waals surface area contributed by atoms with Crippen LogP contribution in [0.2, 0.25) is 0 Å². The summed E-state index contributed by atoms with van der Waals surface area (Å²) in [6.07, 6.45) is 6.45. The summed E-state index contributed by atoms with van der Waals surface area (Å²) < 4.78 is 18.1. The van der Waals surface area contributed by atoms with Gasteiger partial charge in [-0.15, -0.1) is 0 Å². The number of ether oxygens (including phenoxy) is 3. The molecule has 2 aromatic rings. The average Bonchev–Trinajstić information content (AvgIpc) is 3.22. The van der Waals surface area contributed by atoms with Crippen LogP contribution in [0.15, 0.2) is 47.6 Å². The SMILES string of the molecule is CCOc1cccc2c1OC1(CCCCC1)N1N=C(c3cccc(OC)c3)C[C@@H]21. The number of hydrogen-bond acceptors (Lipinski definition) is 5. The highest BCUT2D eigenvalue weighted by Crippen LogP contribution is 2.53. The molecule has 5 nitrogen and oxygen atoms in total. The van der Waals surface area contributed by atoms with E-state index >= 15 is 0 Å². The molecular formula is C24H28N2O3. The van der Waals surface area contributed by atoms with E-state index in [-0.39, 0.29) is 11.8 Å². The molecule has 1 saturated carbocycles. The predicted octanol–water partition coefficient (Wildman–Crippen LogP) is 5.30. The van der Waals surface area contributed by atoms with E-state index in [9.17, 15) is 0 Å². The van der Waals surface area contributed by atoms with Gasteiger partial charge < -0.3 is 14.2 Å². The average molecular weight is 392 g/mol. The molecule has 1 aliphatic carbocycles. The van der Waals surface area contributed by atoms with Crippen LogP contribution in [0, 0.1) is 0 Å². The molecule has 0 saturated heterocycles. The standard InChI is InChI=1S/C24H28N2O3/c1-3-28-22-12-8-11-19-21-16-20(17-9-7-10-18(15-17)27-2)25-26(21)24(29-23(19)22)13-5-4-6-14-24/h7-12,15,21H,3-6,13-14,16H2,1-2H3/t21-/m0/s1. The zero-order valence-corrected chi connectivity index (χ0v) is 17.2. The third-order valence-electron chi connectivity index (χ3n) is 6.33. The molecule has 2 heterocycles. The Morgan fingerprint density at radius 1 is 1.14 bits per heavy atom. The number of para-hydroxylation sites is 1. The minimum absolute atomic E-state index is 0.179. The lowest BCUT2D eigenvalue weighted by molar-refractivity contribution is -0.141. The Bertz CT molecular complexity index is 933. The number of fused-ring (bicyclic) bond motifs is 4. The second-order valence-electron chi connectivity index (χ2n) is 8.06. The van der Waals surface area contributed by atoms with Gasteiger partial charge in [0.05, 0.1) is 25.5 Å². The van der Waals surface area contributed by atoms with Crippen molar-refractivity contribution in [2.45, 2.75) is 57.2 Å². The first-order valence-corrected chi connectivity index (χ1v) is 10.7. The minimum atomic E-state index is -0.371. The van der Waals surface area contributed by atoms with E-state index in [1.165, 1.54) is 24.8 Å². The van der Waals surface area contributed by atoms with E-state index in [1.54, 1.807) is 7.11 Å². The number of hydrogen-bond donors (Lipinski definition) is 0. The van der Waals surface area contributed by atoms with E-state index in [0.717, 1.165) is 47.8 Å². The molecule has 0 N–H and O–H groups in total. The lowest BCUT2D eigenvalue weighted by atomic mass is 9.86. The first kappa shape index (κ1) is 18.3. The normalized spacial score (nSPS) is 21.8. The third-order valence-corrected chi connectivity index (χ3v) is 6.33. The van der Waals surface area contributed by atoms with Gasteiger partial charge in [0.15, 0.2) is 17.2 Å². The maximum atomic E-state index is 6.76. The largest absolute Gasteiger partial charge is 0.497 e. The highest BCUT2D eigenvalue weighted by atomic mass is 16.6. The molecule has 5 rings (SSSR count). The number of hydrazone groups is 1. The summed E-state index contributed by atoms with van der Waals surface area (Å²) in [7, 11) is 1.70. The highest BCUT2D eigenvalue weighted by Gasteiger charge is 2.51. The van der Waals surface area contributed by atoms with Gasteiger partial charge in [0, 0.05) is 30.4 Å². The Labute approximate surface area is 172 Å². The van der Waals surface area contributed by atoms with Gasteiger partial charge in [0.25, 0.3) is 0 Å². The molecule has 0 amide bonds. The Kier molecular flexibility index (Phi) is 4.61. The monoisotopic (exact) mass is 392 g/mol. The minimum Gasteiger partial charge on any atom is -0.497 e. The Morgan fingerprint density at radius 2 is 1.97 bits per heavy atom. The van der Waals surface area contributed by atoms with Gasteiger partial charge in [-0.25, -0.2) is 5.01 Å². The van der Waals surface area contributed by atoms with Gasteiger partial charge in [-0.1, -0.05) is 30.7 Å². The van der Waals surface area contributed by atoms with Crippen molar-refractivity contribution in [2.75, 3.05) is 13.7 Å². The van der Waals surface area contributed by atoms with E-state index in [4.69, 9.17) is 19.3 Å². The fraction of sp³-hybridized carbons (Fsp3) is 0.458. The second kappa shape index (κ2) is 7.29. The van der Waals surface area contributed by atoms with Crippen LogP contribution >= 0.6 is 0 Å². The van der Waals surface area contributed by atoms with Crippen LogP contribution in [-0.4, -0.2) is 30.2 Å². The molecule has 5 heteroatoms. The van der Waals surface area contributed by atoms with Gasteiger partial charge in [0.1, 0.15) is 5.75 Å². The molecule has 2 aliphatic heterocycles. The van der Waals surface area contributed by atoms with Crippen molar-refractivity contribution in [3.05, 3.63) is 53.6 Å². The Balaban J connectivity index is 1.59. The van der Waals surface area contributed by atoms with Crippen LogP contribution < -0.4 is 14.2 Å². The molecule has 0 aromatic heterocycles. The molecule has 152 valence electrons. The van der Waals surface area contributed by atoms with Crippen LogP contribution in [0.1, 0.15) is 62.6 Å². The molecule has 0 bridgehead atoms. The highest BCUT2D eigenvalue weighted by molar-refractivity contribution is 6.02. The van der Waals surface area contributed by atoms with Crippen molar-refractivity contribution in [3.63, 3.8) is 0 Å². The summed E-state index contributed by atoms with van der Waals surface area (Å²) in [6.45, 7) is 2.65. The van der Waals surface area contributed by atoms with Crippen LogP contribution in [0.5, 0.6) is 17.2 Å². The van der Waals surface area contributed by atoms with Gasteiger partial charge in [-0.05, 0) is 38.0 Å². The lowest BCUT2D eigenvalue weighted by Crippen LogP contribution is -2.54. The van der Waals surface area contributed by atoms with Gasteiger partial charge in [-0.3, -0.25) is 0 Å². The van der Waals surface area contributed by atoms with Crippen molar-refractivity contribution in [1.29, 1.82) is 0 Å². The van der Waals surface area contributed by atoms with Crippen LogP contribution in [-0.2, 0) is 0 Å². The molecule has 0 radical (unpaired) electrons. The molecule has 2 aromatic carbocycles. The summed E-state index contributed by atoms with van der Waals surface area (Å²) in [6, 6.07) is 14.6. The van der Waals surface area contributed by atoms with E-state index in [2.05, 4.69) is 29.3 Å². The molecule has 3 aliphatic rings. The number of benzene rings is 2. The smallest absolute Gasteiger partial charge is 0.198 e. The zero-order valence-electron chi connectivity index (χ0n) is 17.2. The second-order valence-corrected chi connectivity index (χ2v) is 8.06. The van der Waals surface area contributed by atoms with Crippen LogP contribution in [0.4, 0.5) is 0 Å². The van der Waals surface area contributed by atoms with E-state index < -0.39 is 0 Å². The first-order valence-electron chi connectivity index (χ1n) is 10.7. The third kappa shape index (κ3) is 3.04. The quantitative estimate of drug-likeness (QED) is 0.708. The summed E-state index contributed by atoms with van der Waals surface area (Å²) in [5, 5.41) is 7.40. The molecule has 1 atom stereocenters. The fourth-order valence-corrected chi connectivity index (χ4v) is 4.95. The van der Waals surface area contributed by atoms with Crippen molar-refractivity contribution in [2.24, 2.45) is 5.10 Å². The van der Waals surface area contributed by atoms with Crippen molar-refractivity contribution in [1.82, 2.24) is 5.01 Å². The zero-order chi connectivity index (χ0) is 19.8. The Morgan fingerprint density at radius 3 is 2.76 bits per heavy atom. The van der Waals surface area contributed by atoms with Crippen molar-refractivity contribution in [3.8, 4) is 17.2 Å². The molecule has 1 spiro atoms. The summed E-state index contributed by atoms with van der Waals surface area (Å²) >= 11 is 0. The number of methoxy groups -OCH3 is 1. The van der Waals surface area contributed by atoms with Crippen LogP contribution in [0.25, 0.3) is 0 Å². The first-order chi connectivity index (χ1) is 14.2. The summed E-state index contributed by atoms with van der Waals surface area (Å²) in [5.41, 5.74) is 3.02. The number of rotatable bonds is 4. The van der Waals surface area contributed by atoms with Gasteiger partial charge in [0.2, 0.25) is 0 Å². The maximum Gasteiger partial charge on any atom is 0.198 e. The summed E-state index contributed by atoms with van der Waals surface area (Å²) in [4.78, 5) is 0. The number of nitrogens with zero attached hydrogens (tertiary/aromatic N) is 2. The lowest BCUT2D eigenvalue weighted by Gasteiger charge is -2.49. The van der Waals surface area contributed by atoms with Crippen molar-refractivity contribution < 1.29 is 14.2 Å². The van der Waals surface area contributed by atoms with E-state index in [0.29, 0.717) is 6.61 Å². The summed E-state index contributed by atoms with van der Waals surface area (Å²) in [5.74, 6) is 2.63. The molecule has 0 unspecified atom stereocenters. The predicted molar refractivity (Wildman–Crippen MR) is 113 cm³/mol. The van der Waals surface area contributed by atoms with E-state index in [1.807, 2.05) is 25.1 Å². The van der Waals surface area contributed by atoms with Gasteiger partial charge >= 0.3 is 0 Å². The molecule has 29 heavy (non-hydrogen) atoms. The molecule has 1 fully saturated rings. The maximum absolute atomic E-state index is 6.76. The topological polar surface area (TPSA) is 43.3 Å². The fourth-order valence-electron chi connectivity index (χ4n) is 4.95. The van der Waals surface area contributed by atoms with Crippen LogP contribution in [0.3, 0.4) is 0 Å².